The quantitative estimate of drug-likeness (QED) is 0.416. The molecule has 7 nitrogen and oxygen atoms in total. The third kappa shape index (κ3) is 6.40. The van der Waals surface area contributed by atoms with Crippen LogP contribution in [0.25, 0.3) is 16.6 Å². The summed E-state index contributed by atoms with van der Waals surface area (Å²) in [5, 5.41) is 11.3. The third-order valence-electron chi connectivity index (χ3n) is 5.32. The van der Waals surface area contributed by atoms with Gasteiger partial charge in [-0.2, -0.15) is 0 Å². The standard InChI is InChI=1S/C28H29N3O4/c1-7-31(6)23-12-10-21(11-13-23)27(29-3)22-16-19(2)34-24(18-22)14-8-20-9-15-26(32)25(17-20)28(33)35-30(4)5/h8-18,32H,7H2,1-2,4-6H3/b14-8+,27-22-. The molecule has 0 saturated carbocycles. The van der Waals surface area contributed by atoms with Crippen LogP contribution in [0.2, 0.25) is 0 Å². The molecule has 7 heteroatoms. The largest absolute Gasteiger partial charge is 0.507 e. The molecule has 0 amide bonds. The molecule has 1 N–H and O–H groups in total. The summed E-state index contributed by atoms with van der Waals surface area (Å²) >= 11 is 0. The molecule has 35 heavy (non-hydrogen) atoms. The number of hydrogen-bond donors (Lipinski definition) is 1. The molecule has 2 aromatic carbocycles. The van der Waals surface area contributed by atoms with Crippen molar-refractivity contribution in [2.75, 3.05) is 32.6 Å². The average Bonchev–Trinajstić information content (AvgIpc) is 2.83. The van der Waals surface area contributed by atoms with Crippen molar-refractivity contribution in [3.05, 3.63) is 106 Å². The summed E-state index contributed by atoms with van der Waals surface area (Å²) in [5.41, 5.74) is 3.94. The Balaban J connectivity index is 1.91. The maximum atomic E-state index is 12.2. The van der Waals surface area contributed by atoms with Crippen LogP contribution in [0, 0.1) is 6.57 Å². The summed E-state index contributed by atoms with van der Waals surface area (Å²) in [5.74, 6) is 0.391. The Labute approximate surface area is 206 Å². The molecule has 0 fully saturated rings. The lowest BCUT2D eigenvalue weighted by molar-refractivity contribution is -0.0715. The number of phenolic OH excluding ortho intramolecular Hbond substituents is 1. The van der Waals surface area contributed by atoms with Crippen molar-refractivity contribution in [3.63, 3.8) is 0 Å². The van der Waals surface area contributed by atoms with Crippen molar-refractivity contribution < 1.29 is 19.5 Å². The molecule has 180 valence electrons. The first kappa shape index (κ1) is 25.3. The van der Waals surface area contributed by atoms with Gasteiger partial charge in [0.05, 0.1) is 6.57 Å². The fraction of sp³-hybridized carbons (Fsp3) is 0.214. The Morgan fingerprint density at radius 3 is 2.46 bits per heavy atom. The summed E-state index contributed by atoms with van der Waals surface area (Å²) < 4.78 is 5.83. The number of rotatable bonds is 7. The van der Waals surface area contributed by atoms with E-state index in [1.807, 2.05) is 50.4 Å². The third-order valence-corrected chi connectivity index (χ3v) is 5.32. The second kappa shape index (κ2) is 11.2. The van der Waals surface area contributed by atoms with E-state index in [1.54, 1.807) is 38.4 Å². The number of hydrogen-bond acceptors (Lipinski definition) is 6. The van der Waals surface area contributed by atoms with Crippen LogP contribution in [0.5, 0.6) is 5.75 Å². The molecular weight excluding hydrogens is 442 g/mol. The second-order valence-electron chi connectivity index (χ2n) is 8.18. The van der Waals surface area contributed by atoms with Crippen LogP contribution in [0.15, 0.2) is 77.8 Å². The molecule has 0 spiro atoms. The lowest BCUT2D eigenvalue weighted by Gasteiger charge is -2.17. The first-order chi connectivity index (χ1) is 16.7. The average molecular weight is 472 g/mol. The van der Waals surface area contributed by atoms with Gasteiger partial charge in [0, 0.05) is 33.4 Å². The Hall–Kier alpha value is -4.28. The highest BCUT2D eigenvalue weighted by atomic mass is 16.7. The molecule has 1 heterocycles. The number of hydroxylamine groups is 2. The minimum Gasteiger partial charge on any atom is -0.507 e. The Morgan fingerprint density at radius 2 is 1.83 bits per heavy atom. The topological polar surface area (TPSA) is 66.6 Å². The van der Waals surface area contributed by atoms with E-state index in [1.165, 1.54) is 11.1 Å². The molecule has 3 rings (SSSR count). The molecule has 0 radical (unpaired) electrons. The van der Waals surface area contributed by atoms with Crippen molar-refractivity contribution in [2.45, 2.75) is 13.8 Å². The summed E-state index contributed by atoms with van der Waals surface area (Å²) in [7, 11) is 5.20. The van der Waals surface area contributed by atoms with Crippen LogP contribution < -0.4 is 4.90 Å². The minimum absolute atomic E-state index is 0.0588. The molecule has 0 bridgehead atoms. The smallest absolute Gasteiger partial charge is 0.360 e. The zero-order chi connectivity index (χ0) is 25.5. The normalized spacial score (nSPS) is 14.7. The van der Waals surface area contributed by atoms with Gasteiger partial charge in [-0.3, -0.25) is 0 Å². The van der Waals surface area contributed by atoms with E-state index < -0.39 is 5.97 Å². The summed E-state index contributed by atoms with van der Waals surface area (Å²) in [6.07, 6.45) is 7.17. The molecule has 0 aliphatic carbocycles. The van der Waals surface area contributed by atoms with E-state index in [0.717, 1.165) is 23.4 Å². The zero-order valence-electron chi connectivity index (χ0n) is 20.6. The van der Waals surface area contributed by atoms with E-state index in [0.29, 0.717) is 22.8 Å². The van der Waals surface area contributed by atoms with Crippen LogP contribution in [0.4, 0.5) is 5.69 Å². The molecule has 0 atom stereocenters. The molecule has 0 unspecified atom stereocenters. The van der Waals surface area contributed by atoms with Gasteiger partial charge in [-0.1, -0.05) is 24.3 Å². The van der Waals surface area contributed by atoms with Gasteiger partial charge in [0.25, 0.3) is 0 Å². The fourth-order valence-electron chi connectivity index (χ4n) is 3.44. The Bertz CT molecular complexity index is 1260. The van der Waals surface area contributed by atoms with Crippen molar-refractivity contribution >= 4 is 23.4 Å². The maximum absolute atomic E-state index is 12.2. The predicted molar refractivity (Wildman–Crippen MR) is 138 cm³/mol. The number of carbonyl (C=O) groups excluding carboxylic acids is 1. The Kier molecular flexibility index (Phi) is 8.13. The number of anilines is 1. The first-order valence-corrected chi connectivity index (χ1v) is 11.1. The molecular formula is C28H29N3O4. The number of carbonyl (C=O) groups is 1. The molecule has 0 aromatic heterocycles. The number of nitrogens with zero attached hydrogens (tertiary/aromatic N) is 3. The SMILES string of the molecule is [C-]#[N+]/C(=C1/C=C(C)OC(/C=C/c2ccc(O)c(C(=O)ON(C)C)c2)=C1)c1ccc(N(C)CC)cc1. The van der Waals surface area contributed by atoms with Crippen LogP contribution in [0.1, 0.15) is 35.3 Å². The van der Waals surface area contributed by atoms with Crippen molar-refractivity contribution in [1.82, 2.24) is 5.06 Å². The van der Waals surface area contributed by atoms with Gasteiger partial charge in [0.15, 0.2) is 0 Å². The van der Waals surface area contributed by atoms with Gasteiger partial charge >= 0.3 is 5.97 Å². The van der Waals surface area contributed by atoms with Crippen molar-refractivity contribution in [2.24, 2.45) is 0 Å². The molecule has 1 aliphatic heterocycles. The van der Waals surface area contributed by atoms with Gasteiger partial charge in [0.1, 0.15) is 22.8 Å². The highest BCUT2D eigenvalue weighted by Gasteiger charge is 2.15. The first-order valence-electron chi connectivity index (χ1n) is 11.1. The number of ether oxygens (including phenoxy) is 1. The second-order valence-corrected chi connectivity index (χ2v) is 8.18. The van der Waals surface area contributed by atoms with Gasteiger partial charge in [-0.25, -0.2) is 9.64 Å². The fourth-order valence-corrected chi connectivity index (χ4v) is 3.44. The maximum Gasteiger partial charge on any atom is 0.360 e. The lowest BCUT2D eigenvalue weighted by Crippen LogP contribution is -2.18. The van der Waals surface area contributed by atoms with E-state index >= 15 is 0 Å². The number of allylic oxidation sites excluding steroid dienone is 5. The van der Waals surface area contributed by atoms with Crippen LogP contribution >= 0.6 is 0 Å². The molecule has 2 aromatic rings. The zero-order valence-corrected chi connectivity index (χ0v) is 20.6. The van der Waals surface area contributed by atoms with Crippen LogP contribution in [-0.4, -0.2) is 43.8 Å². The monoisotopic (exact) mass is 471 g/mol. The van der Waals surface area contributed by atoms with E-state index in [4.69, 9.17) is 16.1 Å². The van der Waals surface area contributed by atoms with E-state index in [9.17, 15) is 9.90 Å². The minimum atomic E-state index is -0.655. The van der Waals surface area contributed by atoms with E-state index in [2.05, 4.69) is 16.7 Å². The van der Waals surface area contributed by atoms with E-state index in [-0.39, 0.29) is 11.3 Å². The molecule has 0 saturated heterocycles. The van der Waals surface area contributed by atoms with Crippen LogP contribution in [-0.2, 0) is 9.57 Å². The van der Waals surface area contributed by atoms with Crippen molar-refractivity contribution in [1.29, 1.82) is 0 Å². The number of aromatic hydroxyl groups is 1. The predicted octanol–water partition coefficient (Wildman–Crippen LogP) is 5.64. The van der Waals surface area contributed by atoms with Gasteiger partial charge in [-0.05, 0) is 73.0 Å². The summed E-state index contributed by atoms with van der Waals surface area (Å²) in [6, 6.07) is 12.6. The number of benzene rings is 2. The summed E-state index contributed by atoms with van der Waals surface area (Å²) in [6.45, 7) is 12.6. The highest BCUT2D eigenvalue weighted by molar-refractivity contribution is 5.93. The Morgan fingerprint density at radius 1 is 1.11 bits per heavy atom. The number of phenols is 1. The van der Waals surface area contributed by atoms with Gasteiger partial charge in [0.2, 0.25) is 5.70 Å². The highest BCUT2D eigenvalue weighted by Crippen LogP contribution is 2.30. The lowest BCUT2D eigenvalue weighted by atomic mass is 10.0. The van der Waals surface area contributed by atoms with Gasteiger partial charge < -0.3 is 19.6 Å². The summed E-state index contributed by atoms with van der Waals surface area (Å²) in [4.78, 5) is 23.2. The van der Waals surface area contributed by atoms with Crippen LogP contribution in [0.3, 0.4) is 0 Å². The molecule has 1 aliphatic rings. The van der Waals surface area contributed by atoms with Crippen molar-refractivity contribution in [3.8, 4) is 5.75 Å². The van der Waals surface area contributed by atoms with Gasteiger partial charge in [-0.15, -0.1) is 5.06 Å².